The third-order valence-corrected chi connectivity index (χ3v) is 2.65. The van der Waals surface area contributed by atoms with Crippen molar-refractivity contribution in [3.8, 4) is 0 Å². The Morgan fingerprint density at radius 2 is 2.19 bits per heavy atom. The van der Waals surface area contributed by atoms with Crippen LogP contribution >= 0.6 is 0 Å². The molecule has 1 aliphatic rings. The SMILES string of the molecule is C/C=C/CN1C(=O)CNC(=O)C1CC(C)C. The van der Waals surface area contributed by atoms with Crippen molar-refractivity contribution in [2.75, 3.05) is 13.1 Å². The molecule has 0 radical (unpaired) electrons. The van der Waals surface area contributed by atoms with Gasteiger partial charge in [-0.15, -0.1) is 0 Å². The maximum Gasteiger partial charge on any atom is 0.243 e. The molecular formula is C12H20N2O2. The second kappa shape index (κ2) is 5.68. The van der Waals surface area contributed by atoms with E-state index in [1.165, 1.54) is 0 Å². The Hall–Kier alpha value is -1.32. The Morgan fingerprint density at radius 3 is 2.75 bits per heavy atom. The monoisotopic (exact) mass is 224 g/mol. The number of piperazine rings is 1. The maximum absolute atomic E-state index is 11.7. The normalized spacial score (nSPS) is 22.0. The van der Waals surface area contributed by atoms with Gasteiger partial charge in [0.05, 0.1) is 6.54 Å². The third kappa shape index (κ3) is 3.08. The highest BCUT2D eigenvalue weighted by molar-refractivity contribution is 5.94. The van der Waals surface area contributed by atoms with Gasteiger partial charge in [0.15, 0.2) is 0 Å². The van der Waals surface area contributed by atoms with E-state index in [0.717, 1.165) is 6.42 Å². The number of nitrogens with zero attached hydrogens (tertiary/aromatic N) is 1. The van der Waals surface area contributed by atoms with Crippen molar-refractivity contribution in [3.63, 3.8) is 0 Å². The molecule has 0 bridgehead atoms. The second-order valence-electron chi connectivity index (χ2n) is 4.48. The van der Waals surface area contributed by atoms with E-state index in [-0.39, 0.29) is 24.4 Å². The third-order valence-electron chi connectivity index (χ3n) is 2.65. The van der Waals surface area contributed by atoms with Crippen molar-refractivity contribution in [2.24, 2.45) is 5.92 Å². The second-order valence-corrected chi connectivity index (χ2v) is 4.48. The first-order chi connectivity index (χ1) is 7.56. The Kier molecular flexibility index (Phi) is 4.52. The topological polar surface area (TPSA) is 49.4 Å². The summed E-state index contributed by atoms with van der Waals surface area (Å²) in [4.78, 5) is 25.1. The number of allylic oxidation sites excluding steroid dienone is 1. The molecular weight excluding hydrogens is 204 g/mol. The maximum atomic E-state index is 11.7. The van der Waals surface area contributed by atoms with Crippen LogP contribution < -0.4 is 5.32 Å². The fourth-order valence-electron chi connectivity index (χ4n) is 1.83. The van der Waals surface area contributed by atoms with Gasteiger partial charge in [0.1, 0.15) is 6.04 Å². The van der Waals surface area contributed by atoms with Crippen molar-refractivity contribution >= 4 is 11.8 Å². The molecule has 1 N–H and O–H groups in total. The van der Waals surface area contributed by atoms with E-state index in [9.17, 15) is 9.59 Å². The number of hydrogen-bond donors (Lipinski definition) is 1. The van der Waals surface area contributed by atoms with E-state index in [4.69, 9.17) is 0 Å². The number of amides is 2. The van der Waals surface area contributed by atoms with Gasteiger partial charge in [0.25, 0.3) is 0 Å². The molecule has 0 aromatic heterocycles. The van der Waals surface area contributed by atoms with E-state index in [1.54, 1.807) is 4.90 Å². The quantitative estimate of drug-likeness (QED) is 0.722. The van der Waals surface area contributed by atoms with Gasteiger partial charge < -0.3 is 10.2 Å². The van der Waals surface area contributed by atoms with Gasteiger partial charge in [0.2, 0.25) is 11.8 Å². The zero-order valence-corrected chi connectivity index (χ0v) is 10.2. The molecule has 1 unspecified atom stereocenters. The van der Waals surface area contributed by atoms with Crippen LogP contribution in [0.2, 0.25) is 0 Å². The minimum absolute atomic E-state index is 0.00310. The Bertz CT molecular complexity index is 297. The van der Waals surface area contributed by atoms with Crippen LogP contribution in [-0.4, -0.2) is 35.8 Å². The highest BCUT2D eigenvalue weighted by atomic mass is 16.2. The zero-order chi connectivity index (χ0) is 12.1. The van der Waals surface area contributed by atoms with Crippen LogP contribution in [0.5, 0.6) is 0 Å². The van der Waals surface area contributed by atoms with Crippen molar-refractivity contribution < 1.29 is 9.59 Å². The number of carbonyl (C=O) groups is 2. The van der Waals surface area contributed by atoms with Gasteiger partial charge in [-0.05, 0) is 19.3 Å². The first-order valence-electron chi connectivity index (χ1n) is 5.74. The molecule has 0 spiro atoms. The van der Waals surface area contributed by atoms with E-state index >= 15 is 0 Å². The number of nitrogens with one attached hydrogen (secondary N) is 1. The van der Waals surface area contributed by atoms with Gasteiger partial charge >= 0.3 is 0 Å². The molecule has 4 nitrogen and oxygen atoms in total. The van der Waals surface area contributed by atoms with Crippen molar-refractivity contribution in [1.29, 1.82) is 0 Å². The lowest BCUT2D eigenvalue weighted by molar-refractivity contribution is -0.145. The van der Waals surface area contributed by atoms with Crippen molar-refractivity contribution in [2.45, 2.75) is 33.2 Å². The lowest BCUT2D eigenvalue weighted by Crippen LogP contribution is -2.58. The lowest BCUT2D eigenvalue weighted by atomic mass is 10.00. The summed E-state index contributed by atoms with van der Waals surface area (Å²) in [5.74, 6) is 0.371. The molecule has 1 saturated heterocycles. The number of rotatable bonds is 4. The van der Waals surface area contributed by atoms with Crippen LogP contribution in [-0.2, 0) is 9.59 Å². The van der Waals surface area contributed by atoms with E-state index in [2.05, 4.69) is 19.2 Å². The molecule has 1 aliphatic heterocycles. The van der Waals surface area contributed by atoms with Crippen LogP contribution in [0.4, 0.5) is 0 Å². The predicted octanol–water partition coefficient (Wildman–Crippen LogP) is 0.936. The number of carbonyl (C=O) groups excluding carboxylic acids is 2. The molecule has 0 aromatic rings. The molecule has 1 rings (SSSR count). The summed E-state index contributed by atoms with van der Waals surface area (Å²) < 4.78 is 0. The van der Waals surface area contributed by atoms with Crippen molar-refractivity contribution in [1.82, 2.24) is 10.2 Å². The summed E-state index contributed by atoms with van der Waals surface area (Å²) in [5, 5.41) is 2.64. The predicted molar refractivity (Wildman–Crippen MR) is 62.8 cm³/mol. The summed E-state index contributed by atoms with van der Waals surface area (Å²) in [5.41, 5.74) is 0. The van der Waals surface area contributed by atoms with Crippen LogP contribution in [0.3, 0.4) is 0 Å². The Balaban J connectivity index is 2.77. The largest absolute Gasteiger partial charge is 0.345 e. The van der Waals surface area contributed by atoms with E-state index < -0.39 is 0 Å². The average Bonchev–Trinajstić information content (AvgIpc) is 2.22. The van der Waals surface area contributed by atoms with Crippen LogP contribution in [0.1, 0.15) is 27.2 Å². The lowest BCUT2D eigenvalue weighted by Gasteiger charge is -2.35. The smallest absolute Gasteiger partial charge is 0.243 e. The molecule has 16 heavy (non-hydrogen) atoms. The molecule has 4 heteroatoms. The minimum Gasteiger partial charge on any atom is -0.345 e. The summed E-state index contributed by atoms with van der Waals surface area (Å²) in [6, 6.07) is -0.308. The summed E-state index contributed by atoms with van der Waals surface area (Å²) in [6.45, 7) is 6.68. The van der Waals surface area contributed by atoms with Crippen molar-refractivity contribution in [3.05, 3.63) is 12.2 Å². The van der Waals surface area contributed by atoms with Gasteiger partial charge in [-0.25, -0.2) is 0 Å². The highest BCUT2D eigenvalue weighted by Gasteiger charge is 2.33. The average molecular weight is 224 g/mol. The van der Waals surface area contributed by atoms with Gasteiger partial charge in [0, 0.05) is 6.54 Å². The fraction of sp³-hybridized carbons (Fsp3) is 0.667. The van der Waals surface area contributed by atoms with E-state index in [1.807, 2.05) is 19.1 Å². The number of hydrogen-bond acceptors (Lipinski definition) is 2. The summed E-state index contributed by atoms with van der Waals surface area (Å²) in [7, 11) is 0. The summed E-state index contributed by atoms with van der Waals surface area (Å²) >= 11 is 0. The molecule has 1 heterocycles. The Morgan fingerprint density at radius 1 is 1.50 bits per heavy atom. The zero-order valence-electron chi connectivity index (χ0n) is 10.2. The minimum atomic E-state index is -0.308. The van der Waals surface area contributed by atoms with Gasteiger partial charge in [-0.2, -0.15) is 0 Å². The molecule has 1 atom stereocenters. The molecule has 2 amide bonds. The molecule has 1 fully saturated rings. The molecule has 0 aromatic carbocycles. The first kappa shape index (κ1) is 12.7. The summed E-state index contributed by atoms with van der Waals surface area (Å²) in [6.07, 6.45) is 4.52. The van der Waals surface area contributed by atoms with Crippen LogP contribution in [0, 0.1) is 5.92 Å². The van der Waals surface area contributed by atoms with Gasteiger partial charge in [-0.3, -0.25) is 9.59 Å². The van der Waals surface area contributed by atoms with Crippen LogP contribution in [0.15, 0.2) is 12.2 Å². The Labute approximate surface area is 96.7 Å². The standard InChI is InChI=1S/C12H20N2O2/c1-4-5-6-14-10(7-9(2)3)12(16)13-8-11(14)15/h4-5,9-10H,6-8H2,1-3H3,(H,13,16)/b5-4+. The van der Waals surface area contributed by atoms with Crippen LogP contribution in [0.25, 0.3) is 0 Å². The molecule has 0 saturated carbocycles. The van der Waals surface area contributed by atoms with Gasteiger partial charge in [-0.1, -0.05) is 26.0 Å². The highest BCUT2D eigenvalue weighted by Crippen LogP contribution is 2.15. The molecule has 0 aliphatic carbocycles. The van der Waals surface area contributed by atoms with E-state index in [0.29, 0.717) is 12.5 Å². The fourth-order valence-corrected chi connectivity index (χ4v) is 1.83. The molecule has 90 valence electrons. The first-order valence-corrected chi connectivity index (χ1v) is 5.74.